The Morgan fingerprint density at radius 1 is 1.11 bits per heavy atom. The van der Waals surface area contributed by atoms with E-state index in [9.17, 15) is 4.79 Å². The van der Waals surface area contributed by atoms with E-state index in [1.54, 1.807) is 25.3 Å². The fourth-order valence-electron chi connectivity index (χ4n) is 2.75. The van der Waals surface area contributed by atoms with Gasteiger partial charge in [-0.15, -0.1) is 11.3 Å². The monoisotopic (exact) mass is 382 g/mol. The molecule has 0 radical (unpaired) electrons. The molecule has 0 bridgehead atoms. The van der Waals surface area contributed by atoms with Crippen LogP contribution in [0.5, 0.6) is 11.5 Å². The highest BCUT2D eigenvalue weighted by Gasteiger charge is 2.15. The van der Waals surface area contributed by atoms with E-state index >= 15 is 0 Å². The molecule has 0 unspecified atom stereocenters. The highest BCUT2D eigenvalue weighted by atomic mass is 32.1. The molecular formula is C21H22N2O3S. The van der Waals surface area contributed by atoms with Gasteiger partial charge in [0.2, 0.25) is 0 Å². The average Bonchev–Trinajstić information content (AvgIpc) is 3.16. The maximum atomic E-state index is 12.6. The van der Waals surface area contributed by atoms with Crippen molar-refractivity contribution in [1.29, 1.82) is 0 Å². The van der Waals surface area contributed by atoms with Crippen LogP contribution in [0.2, 0.25) is 0 Å². The molecule has 1 aromatic heterocycles. The van der Waals surface area contributed by atoms with Crippen LogP contribution in [0.25, 0.3) is 11.3 Å². The summed E-state index contributed by atoms with van der Waals surface area (Å²) in [4.78, 5) is 17.2. The number of aryl methyl sites for hydroxylation is 1. The SMILES string of the molecule is CCCc1ccc(-c2csc(NC(=O)c3cc(OC)ccc3OC)n2)cc1. The van der Waals surface area contributed by atoms with Crippen molar-refractivity contribution in [1.82, 2.24) is 4.98 Å². The van der Waals surface area contributed by atoms with Gasteiger partial charge in [0, 0.05) is 10.9 Å². The number of rotatable bonds is 7. The van der Waals surface area contributed by atoms with E-state index in [0.29, 0.717) is 22.2 Å². The number of amides is 1. The third-order valence-corrected chi connectivity index (χ3v) is 4.92. The molecule has 0 fully saturated rings. The first kappa shape index (κ1) is 18.9. The van der Waals surface area contributed by atoms with Crippen LogP contribution in [0.4, 0.5) is 5.13 Å². The van der Waals surface area contributed by atoms with Gasteiger partial charge in [0.05, 0.1) is 25.5 Å². The van der Waals surface area contributed by atoms with E-state index in [0.717, 1.165) is 24.1 Å². The van der Waals surface area contributed by atoms with Gasteiger partial charge < -0.3 is 9.47 Å². The number of carbonyl (C=O) groups is 1. The zero-order valence-corrected chi connectivity index (χ0v) is 16.4. The van der Waals surface area contributed by atoms with E-state index in [2.05, 4.69) is 41.5 Å². The zero-order valence-electron chi connectivity index (χ0n) is 15.6. The quantitative estimate of drug-likeness (QED) is 0.622. The predicted octanol–water partition coefficient (Wildman–Crippen LogP) is 5.03. The number of aromatic nitrogens is 1. The molecular weight excluding hydrogens is 360 g/mol. The molecule has 2 aromatic carbocycles. The first-order chi connectivity index (χ1) is 13.1. The number of nitrogens with one attached hydrogen (secondary N) is 1. The Labute approximate surface area is 163 Å². The second-order valence-electron chi connectivity index (χ2n) is 6.01. The lowest BCUT2D eigenvalue weighted by atomic mass is 10.1. The summed E-state index contributed by atoms with van der Waals surface area (Å²) >= 11 is 1.39. The Morgan fingerprint density at radius 3 is 2.56 bits per heavy atom. The van der Waals surface area contributed by atoms with Crippen molar-refractivity contribution < 1.29 is 14.3 Å². The lowest BCUT2D eigenvalue weighted by Crippen LogP contribution is -2.13. The Hall–Kier alpha value is -2.86. The second kappa shape index (κ2) is 8.68. The van der Waals surface area contributed by atoms with Crippen molar-refractivity contribution in [2.45, 2.75) is 19.8 Å². The van der Waals surface area contributed by atoms with Crippen LogP contribution in [0.3, 0.4) is 0 Å². The normalized spacial score (nSPS) is 10.5. The molecule has 27 heavy (non-hydrogen) atoms. The van der Waals surface area contributed by atoms with Gasteiger partial charge >= 0.3 is 0 Å². The molecule has 3 rings (SSSR count). The molecule has 0 aliphatic heterocycles. The number of ether oxygens (including phenoxy) is 2. The third kappa shape index (κ3) is 4.46. The van der Waals surface area contributed by atoms with Gasteiger partial charge in [-0.25, -0.2) is 4.98 Å². The molecule has 0 saturated carbocycles. The molecule has 0 saturated heterocycles. The van der Waals surface area contributed by atoms with Crippen LogP contribution in [-0.4, -0.2) is 25.1 Å². The fourth-order valence-corrected chi connectivity index (χ4v) is 3.47. The van der Waals surface area contributed by atoms with Gasteiger partial charge in [-0.2, -0.15) is 0 Å². The van der Waals surface area contributed by atoms with Gasteiger partial charge in [-0.3, -0.25) is 10.1 Å². The minimum Gasteiger partial charge on any atom is -0.497 e. The third-order valence-electron chi connectivity index (χ3n) is 4.16. The number of hydrogen-bond acceptors (Lipinski definition) is 5. The molecule has 0 spiro atoms. The van der Waals surface area contributed by atoms with Gasteiger partial charge in [-0.1, -0.05) is 37.6 Å². The zero-order chi connectivity index (χ0) is 19.2. The van der Waals surface area contributed by atoms with Crippen LogP contribution < -0.4 is 14.8 Å². The van der Waals surface area contributed by atoms with Crippen molar-refractivity contribution >= 4 is 22.4 Å². The van der Waals surface area contributed by atoms with Crippen molar-refractivity contribution in [2.24, 2.45) is 0 Å². The van der Waals surface area contributed by atoms with Gasteiger partial charge in [0.15, 0.2) is 5.13 Å². The summed E-state index contributed by atoms with van der Waals surface area (Å²) in [5.74, 6) is 0.787. The summed E-state index contributed by atoms with van der Waals surface area (Å²) in [6.45, 7) is 2.17. The molecule has 0 aliphatic carbocycles. The number of methoxy groups -OCH3 is 2. The van der Waals surface area contributed by atoms with Crippen LogP contribution in [-0.2, 0) is 6.42 Å². The standard InChI is InChI=1S/C21H22N2O3S/c1-4-5-14-6-8-15(9-7-14)18-13-27-21(22-18)23-20(24)17-12-16(25-2)10-11-19(17)26-3/h6-13H,4-5H2,1-3H3,(H,22,23,24). The van der Waals surface area contributed by atoms with Gasteiger partial charge in [0.25, 0.3) is 5.91 Å². The van der Waals surface area contributed by atoms with E-state index in [-0.39, 0.29) is 5.91 Å². The first-order valence-corrected chi connectivity index (χ1v) is 9.60. The van der Waals surface area contributed by atoms with Crippen LogP contribution in [0, 0.1) is 0 Å². The van der Waals surface area contributed by atoms with Crippen LogP contribution >= 0.6 is 11.3 Å². The van der Waals surface area contributed by atoms with Crippen molar-refractivity contribution in [2.75, 3.05) is 19.5 Å². The predicted molar refractivity (Wildman–Crippen MR) is 109 cm³/mol. The fraction of sp³-hybridized carbons (Fsp3) is 0.238. The summed E-state index contributed by atoms with van der Waals surface area (Å²) in [6, 6.07) is 13.5. The number of nitrogens with zero attached hydrogens (tertiary/aromatic N) is 1. The van der Waals surface area contributed by atoms with Crippen molar-refractivity contribution in [3.8, 4) is 22.8 Å². The molecule has 1 amide bonds. The highest BCUT2D eigenvalue weighted by Crippen LogP contribution is 2.28. The second-order valence-corrected chi connectivity index (χ2v) is 6.86. The molecule has 0 aliphatic rings. The Morgan fingerprint density at radius 2 is 1.89 bits per heavy atom. The molecule has 3 aromatic rings. The Balaban J connectivity index is 1.76. The Kier molecular flexibility index (Phi) is 6.08. The lowest BCUT2D eigenvalue weighted by molar-refractivity contribution is 0.102. The van der Waals surface area contributed by atoms with E-state index in [1.165, 1.54) is 24.0 Å². The topological polar surface area (TPSA) is 60.5 Å². The summed E-state index contributed by atoms with van der Waals surface area (Å²) in [6.07, 6.45) is 2.20. The van der Waals surface area contributed by atoms with Crippen LogP contribution in [0.15, 0.2) is 47.8 Å². The summed E-state index contributed by atoms with van der Waals surface area (Å²) in [5.41, 5.74) is 3.59. The Bertz CT molecular complexity index is 919. The van der Waals surface area contributed by atoms with E-state index in [4.69, 9.17) is 9.47 Å². The molecule has 1 heterocycles. The number of thiazole rings is 1. The number of benzene rings is 2. The maximum absolute atomic E-state index is 12.6. The first-order valence-electron chi connectivity index (χ1n) is 8.72. The largest absolute Gasteiger partial charge is 0.497 e. The van der Waals surface area contributed by atoms with Crippen LogP contribution in [0.1, 0.15) is 29.3 Å². The van der Waals surface area contributed by atoms with Crippen molar-refractivity contribution in [3.63, 3.8) is 0 Å². The number of hydrogen-bond donors (Lipinski definition) is 1. The summed E-state index contributed by atoms with van der Waals surface area (Å²) in [5, 5.41) is 5.32. The highest BCUT2D eigenvalue weighted by molar-refractivity contribution is 7.14. The lowest BCUT2D eigenvalue weighted by Gasteiger charge is -2.09. The number of anilines is 1. The maximum Gasteiger partial charge on any atom is 0.261 e. The average molecular weight is 382 g/mol. The molecule has 0 atom stereocenters. The minimum absolute atomic E-state index is 0.287. The minimum atomic E-state index is -0.287. The van der Waals surface area contributed by atoms with Gasteiger partial charge in [0.1, 0.15) is 11.5 Å². The van der Waals surface area contributed by atoms with Crippen molar-refractivity contribution in [3.05, 3.63) is 59.0 Å². The molecule has 140 valence electrons. The number of carbonyl (C=O) groups excluding carboxylic acids is 1. The summed E-state index contributed by atoms with van der Waals surface area (Å²) < 4.78 is 10.5. The smallest absolute Gasteiger partial charge is 0.261 e. The summed E-state index contributed by atoms with van der Waals surface area (Å²) in [7, 11) is 3.09. The van der Waals surface area contributed by atoms with Gasteiger partial charge in [-0.05, 0) is 30.2 Å². The molecule has 1 N–H and O–H groups in total. The van der Waals surface area contributed by atoms with E-state index in [1.807, 2.05) is 5.38 Å². The molecule has 5 nitrogen and oxygen atoms in total. The van der Waals surface area contributed by atoms with E-state index < -0.39 is 0 Å². The molecule has 6 heteroatoms.